The van der Waals surface area contributed by atoms with E-state index in [1.165, 1.54) is 53.8 Å². The summed E-state index contributed by atoms with van der Waals surface area (Å²) in [6.07, 6.45) is -5.66. The zero-order valence-electron chi connectivity index (χ0n) is 64.1. The Morgan fingerprint density at radius 3 is 1.26 bits per heavy atom. The molecule has 109 heavy (non-hydrogen) atoms. The largest absolute Gasteiger partial charge is 0.508 e. The number of phenolic OH excluding ortho intramolecular Hbond substituents is 1. The maximum Gasteiger partial charge on any atom is 0.490 e. The van der Waals surface area contributed by atoms with E-state index >= 15 is 0 Å². The number of azide groups is 2. The van der Waals surface area contributed by atoms with Gasteiger partial charge in [-0.05, 0) is 160 Å². The number of nitrogens with one attached hydrogen (secondary N) is 8. The highest BCUT2D eigenvalue weighted by atomic mass is 19.4. The van der Waals surface area contributed by atoms with Gasteiger partial charge in [0.25, 0.3) is 0 Å². The second kappa shape index (κ2) is 50.5. The number of hydrogen-bond acceptors (Lipinski definition) is 18. The van der Waals surface area contributed by atoms with Crippen molar-refractivity contribution >= 4 is 65.2 Å². The van der Waals surface area contributed by atoms with Crippen LogP contribution in [0.25, 0.3) is 20.9 Å². The first-order chi connectivity index (χ1) is 51.1. The second-order valence-corrected chi connectivity index (χ2v) is 26.8. The zero-order valence-corrected chi connectivity index (χ0v) is 64.1. The molecule has 4 aromatic rings. The highest BCUT2D eigenvalue weighted by molar-refractivity contribution is 5.97. The summed E-state index contributed by atoms with van der Waals surface area (Å²) in [7, 11) is 0. The Morgan fingerprint density at radius 2 is 0.890 bits per heavy atom. The molecule has 600 valence electrons. The van der Waals surface area contributed by atoms with Gasteiger partial charge in [-0.3, -0.25) is 47.9 Å². The Labute approximate surface area is 632 Å². The summed E-state index contributed by atoms with van der Waals surface area (Å²) in [6.45, 7) is 27.1. The van der Waals surface area contributed by atoms with Crippen LogP contribution in [0.2, 0.25) is 0 Å². The molecule has 0 bridgehead atoms. The molecule has 0 aliphatic rings. The highest BCUT2D eigenvalue weighted by Gasteiger charge is 2.38. The van der Waals surface area contributed by atoms with Crippen LogP contribution in [0, 0.1) is 46.5 Å². The third-order valence-electron chi connectivity index (χ3n) is 15.4. The summed E-state index contributed by atoms with van der Waals surface area (Å²) < 4.78 is 53.5. The number of carboxylic acid groups (broad SMARTS) is 2. The number of aromatic hydroxyl groups is 1. The van der Waals surface area contributed by atoms with Crippen molar-refractivity contribution in [3.63, 3.8) is 0 Å². The summed E-state index contributed by atoms with van der Waals surface area (Å²) in [5, 5.41) is 53.2. The number of amides is 8. The number of esters is 1. The summed E-state index contributed by atoms with van der Waals surface area (Å²) in [5.74, 6) is -9.25. The Balaban J connectivity index is 0.000000898. The average Bonchev–Trinajstić information content (AvgIpc) is 0.846. The fourth-order valence-electron chi connectivity index (χ4n) is 9.77. The van der Waals surface area contributed by atoms with Gasteiger partial charge in [0.15, 0.2) is 0 Å². The van der Waals surface area contributed by atoms with Gasteiger partial charge in [0.1, 0.15) is 60.0 Å². The second-order valence-electron chi connectivity index (χ2n) is 26.8. The molecule has 0 aromatic heterocycles. The van der Waals surface area contributed by atoms with E-state index in [-0.39, 0.29) is 95.9 Å². The van der Waals surface area contributed by atoms with Crippen molar-refractivity contribution in [3.05, 3.63) is 150 Å². The van der Waals surface area contributed by atoms with Crippen molar-refractivity contribution in [1.29, 1.82) is 0 Å². The van der Waals surface area contributed by atoms with Crippen LogP contribution in [0.4, 0.5) is 13.2 Å². The van der Waals surface area contributed by atoms with E-state index in [1.54, 1.807) is 57.2 Å². The van der Waals surface area contributed by atoms with E-state index in [4.69, 9.17) is 39.9 Å². The molecule has 0 saturated heterocycles. The third-order valence-corrected chi connectivity index (χ3v) is 15.4. The number of nitrogens with zero attached hydrogens (tertiary/aromatic N) is 6. The standard InChI is InChI=1S/C36H51N7O8.C25H37N7O8.C11H16.C2HF3O2/c1-24(2)20-29(34(47)42-31(22-32(45)51-36(4,5)6)33(46)38-16-18-49-19-17-39-43-37)41-35(48)30(40-25(3)44)21-26-12-14-28(15-13-26)50-23-27-10-8-7-9-11-27;1-15(2)12-19(30-25(39)20(29-16(3)33)13-17-4-6-18(34)7-5-17)24(38)31-21(14-22(35)36)23(37)27-8-10-40-11-9-28-32-26;1-7-6-8(2)10(4)11(5)9(7)3;3-2(4,5)1(6)7/h7-15,24,29-31H,16-23H2,1-6H3,(H,38,46)(H,40,44)(H,41,48)(H,42,47);4-7,15,19-21,34H,8-14H2,1-3H3,(H,27,37)(H,29,33)(H,30,39)(H,31,38)(H,35,36);6H,1-5H3;(H,6,7)/t29-,30+,31+;19-,20+,21+;;/m11../s1. The number of aliphatic carboxylic acids is 2. The first-order valence-corrected chi connectivity index (χ1v) is 34.9. The molecule has 0 saturated carbocycles. The summed E-state index contributed by atoms with van der Waals surface area (Å²) in [6, 6.07) is 18.2. The lowest BCUT2D eigenvalue weighted by Crippen LogP contribution is -2.57. The molecule has 32 nitrogen and oxygen atoms in total. The topological polar surface area (TPSA) is 479 Å². The van der Waals surface area contributed by atoms with E-state index < -0.39 is 126 Å². The third kappa shape index (κ3) is 42.8. The van der Waals surface area contributed by atoms with E-state index in [2.05, 4.69) is 103 Å². The van der Waals surface area contributed by atoms with E-state index in [0.29, 0.717) is 17.9 Å². The average molecular weight is 1540 g/mol. The van der Waals surface area contributed by atoms with Crippen LogP contribution in [0.15, 0.2) is 95.2 Å². The number of aryl methyl sites for hydroxylation is 2. The molecule has 4 aromatic carbocycles. The van der Waals surface area contributed by atoms with Gasteiger partial charge in [0.05, 0.1) is 39.3 Å². The number of carbonyl (C=O) groups is 11. The minimum atomic E-state index is -5.08. The number of benzene rings is 4. The van der Waals surface area contributed by atoms with Crippen LogP contribution in [0.3, 0.4) is 0 Å². The van der Waals surface area contributed by atoms with Gasteiger partial charge in [0, 0.05) is 62.7 Å². The summed E-state index contributed by atoms with van der Waals surface area (Å²) >= 11 is 0. The first-order valence-electron chi connectivity index (χ1n) is 34.9. The summed E-state index contributed by atoms with van der Waals surface area (Å²) in [4.78, 5) is 141. The molecule has 0 heterocycles. The van der Waals surface area contributed by atoms with Crippen molar-refractivity contribution in [2.45, 2.75) is 190 Å². The van der Waals surface area contributed by atoms with Gasteiger partial charge in [0.2, 0.25) is 47.3 Å². The molecule has 6 atom stereocenters. The van der Waals surface area contributed by atoms with Crippen LogP contribution in [-0.2, 0) is 86.4 Å². The number of hydrogen-bond donors (Lipinski definition) is 11. The Hall–Kier alpha value is -11.0. The first kappa shape index (κ1) is 96.0. The predicted molar refractivity (Wildman–Crippen MR) is 397 cm³/mol. The maximum atomic E-state index is 13.7. The molecule has 11 N–H and O–H groups in total. The Morgan fingerprint density at radius 1 is 0.505 bits per heavy atom. The van der Waals surface area contributed by atoms with Gasteiger partial charge in [-0.25, -0.2) is 4.79 Å². The van der Waals surface area contributed by atoms with E-state index in [9.17, 15) is 71.3 Å². The molecule has 0 aliphatic heterocycles. The lowest BCUT2D eigenvalue weighted by Gasteiger charge is -2.27. The van der Waals surface area contributed by atoms with Crippen LogP contribution < -0.4 is 47.3 Å². The summed E-state index contributed by atoms with van der Waals surface area (Å²) in [5.41, 5.74) is 25.3. The fourth-order valence-corrected chi connectivity index (χ4v) is 9.77. The zero-order chi connectivity index (χ0) is 82.6. The molecule has 0 unspecified atom stereocenters. The molecule has 0 aliphatic carbocycles. The molecular formula is C74H105F3N14O18. The number of alkyl halides is 3. The predicted octanol–water partition coefficient (Wildman–Crippen LogP) is 7.74. The number of ether oxygens (including phenoxy) is 4. The van der Waals surface area contributed by atoms with Gasteiger partial charge in [-0.1, -0.05) is 98.6 Å². The minimum absolute atomic E-state index is 0.0168. The highest BCUT2D eigenvalue weighted by Crippen LogP contribution is 2.21. The van der Waals surface area contributed by atoms with E-state index in [0.717, 1.165) is 11.1 Å². The quantitative estimate of drug-likeness (QED) is 0.00668. The van der Waals surface area contributed by atoms with Gasteiger partial charge in [-0.2, -0.15) is 13.2 Å². The molecule has 0 fully saturated rings. The SMILES string of the molecule is CC(=O)N[C@@H](Cc1ccc(O)cc1)C(=O)N[C@H](CC(C)C)C(=O)N[C@@H](CC(=O)O)C(=O)NCCOCCN=[N+]=[N-].CC(=O)N[C@@H](Cc1ccc(OCc2ccccc2)cc1)C(=O)N[C@H](CC(C)C)C(=O)N[C@@H](CC(=O)OC(C)(C)C)C(=O)NCCOCCN=[N+]=[N-].Cc1cc(C)c(C)c(C)c1C.O=C(O)C(F)(F)F. The number of carbonyl (C=O) groups excluding carboxylic acids is 9. The molecule has 8 amide bonds. The van der Waals surface area contributed by atoms with Gasteiger partial charge < -0.3 is 76.8 Å². The maximum absolute atomic E-state index is 13.7. The van der Waals surface area contributed by atoms with Gasteiger partial charge >= 0.3 is 24.1 Å². The van der Waals surface area contributed by atoms with Crippen molar-refractivity contribution in [3.8, 4) is 11.5 Å². The van der Waals surface area contributed by atoms with Gasteiger partial charge in [-0.15, -0.1) is 0 Å². The van der Waals surface area contributed by atoms with Crippen molar-refractivity contribution in [1.82, 2.24) is 42.5 Å². The molecule has 0 spiro atoms. The van der Waals surface area contributed by atoms with Crippen molar-refractivity contribution < 1.29 is 100 Å². The van der Waals surface area contributed by atoms with Crippen LogP contribution >= 0.6 is 0 Å². The van der Waals surface area contributed by atoms with E-state index in [1.807, 2.05) is 58.0 Å². The molecule has 4 rings (SSSR count). The fraction of sp³-hybridized carbons (Fsp3) is 0.527. The Bertz CT molecular complexity index is 3670. The lowest BCUT2D eigenvalue weighted by molar-refractivity contribution is -0.192. The monoisotopic (exact) mass is 1530 g/mol. The number of halogens is 3. The minimum Gasteiger partial charge on any atom is -0.508 e. The van der Waals surface area contributed by atoms with Crippen LogP contribution in [-0.4, -0.2) is 181 Å². The lowest BCUT2D eigenvalue weighted by atomic mass is 9.96. The number of carboxylic acids is 2. The van der Waals surface area contributed by atoms with Crippen LogP contribution in [0.1, 0.15) is 133 Å². The molecule has 35 heteroatoms. The number of rotatable bonds is 39. The Kier molecular flexibility index (Phi) is 44.5. The molecule has 0 radical (unpaired) electrons. The molecular weight excluding hydrogens is 1430 g/mol. The van der Waals surface area contributed by atoms with Crippen LogP contribution in [0.5, 0.6) is 11.5 Å². The smallest absolute Gasteiger partial charge is 0.490 e. The van der Waals surface area contributed by atoms with Crippen molar-refractivity contribution in [2.24, 2.45) is 22.1 Å². The van der Waals surface area contributed by atoms with Crippen molar-refractivity contribution in [2.75, 3.05) is 52.6 Å². The number of phenols is 1. The normalized spacial score (nSPS) is 12.4.